The average Bonchev–Trinajstić information content (AvgIpc) is 2.47. The van der Waals surface area contributed by atoms with E-state index in [1.807, 2.05) is 0 Å². The molecule has 0 bridgehead atoms. The molecule has 0 amide bonds. The van der Waals surface area contributed by atoms with Crippen LogP contribution >= 0.6 is 0 Å². The Hall–Kier alpha value is -1.82. The molecule has 20 heavy (non-hydrogen) atoms. The quantitative estimate of drug-likeness (QED) is 0.595. The number of hydrogen-bond acceptors (Lipinski definition) is 0. The van der Waals surface area contributed by atoms with Gasteiger partial charge in [0.05, 0.1) is 0 Å². The molecule has 0 N–H and O–H groups in total. The highest BCUT2D eigenvalue weighted by atomic mass is 14.4. The van der Waals surface area contributed by atoms with Crippen molar-refractivity contribution in [2.24, 2.45) is 5.92 Å². The maximum Gasteiger partial charge on any atom is 0.0127 e. The summed E-state index contributed by atoms with van der Waals surface area (Å²) in [5.74, 6) is 1.68. The summed E-state index contributed by atoms with van der Waals surface area (Å²) in [7, 11) is 0. The van der Waals surface area contributed by atoms with E-state index in [2.05, 4.69) is 68.5 Å². The highest BCUT2D eigenvalue weighted by Crippen LogP contribution is 2.52. The topological polar surface area (TPSA) is 0 Å². The second-order valence-corrected chi connectivity index (χ2v) is 6.39. The second kappa shape index (κ2) is 4.34. The molecule has 4 rings (SSSR count). The van der Waals surface area contributed by atoms with E-state index in [1.165, 1.54) is 23.1 Å². The summed E-state index contributed by atoms with van der Waals surface area (Å²) in [4.78, 5) is 0. The van der Waals surface area contributed by atoms with Crippen LogP contribution in [0.3, 0.4) is 0 Å². The van der Waals surface area contributed by atoms with Crippen molar-refractivity contribution in [3.05, 3.63) is 82.5 Å². The molecule has 3 atom stereocenters. The first-order valence-electron chi connectivity index (χ1n) is 7.57. The minimum Gasteiger partial charge on any atom is -0.0761 e. The highest BCUT2D eigenvalue weighted by molar-refractivity contribution is 5.53. The third-order valence-electron chi connectivity index (χ3n) is 5.00. The van der Waals surface area contributed by atoms with Gasteiger partial charge in [0.15, 0.2) is 0 Å². The van der Waals surface area contributed by atoms with Gasteiger partial charge in [0, 0.05) is 17.8 Å². The van der Waals surface area contributed by atoms with Gasteiger partial charge in [-0.25, -0.2) is 0 Å². The summed E-state index contributed by atoms with van der Waals surface area (Å²) < 4.78 is 0. The van der Waals surface area contributed by atoms with Gasteiger partial charge in [-0.2, -0.15) is 0 Å². The minimum absolute atomic E-state index is 0.533. The highest BCUT2D eigenvalue weighted by Gasteiger charge is 2.37. The monoisotopic (exact) mass is 260 g/mol. The standard InChI is InChI=1S/C20H20/c1-13-7-9-17-18-10-8-14(2)12-20(18)16-6-4-3-5-15(16)19(17)11-13/h3-11,17,19-20H,12H2,1-2H3. The Balaban J connectivity index is 1.94. The lowest BCUT2D eigenvalue weighted by atomic mass is 9.63. The molecule has 0 saturated carbocycles. The van der Waals surface area contributed by atoms with Crippen LogP contribution in [0.1, 0.15) is 43.2 Å². The van der Waals surface area contributed by atoms with Crippen molar-refractivity contribution in [3.8, 4) is 0 Å². The number of hydrogen-bond donors (Lipinski definition) is 0. The van der Waals surface area contributed by atoms with E-state index in [1.54, 1.807) is 11.1 Å². The average molecular weight is 260 g/mol. The van der Waals surface area contributed by atoms with Gasteiger partial charge in [-0.05, 0) is 31.4 Å². The van der Waals surface area contributed by atoms with Crippen molar-refractivity contribution in [3.63, 3.8) is 0 Å². The molecule has 0 aliphatic heterocycles. The number of fused-ring (bicyclic) bond motifs is 6. The maximum atomic E-state index is 2.45. The van der Waals surface area contributed by atoms with Crippen molar-refractivity contribution in [1.29, 1.82) is 0 Å². The lowest BCUT2D eigenvalue weighted by Crippen LogP contribution is -2.27. The van der Waals surface area contributed by atoms with Crippen molar-refractivity contribution in [1.82, 2.24) is 0 Å². The van der Waals surface area contributed by atoms with Crippen LogP contribution in [0.15, 0.2) is 71.4 Å². The fraction of sp³-hybridized carbons (Fsp3) is 0.300. The second-order valence-electron chi connectivity index (χ2n) is 6.39. The zero-order valence-corrected chi connectivity index (χ0v) is 12.1. The molecule has 1 aromatic carbocycles. The molecular formula is C20H20. The predicted octanol–water partition coefficient (Wildman–Crippen LogP) is 5.28. The Morgan fingerprint density at radius 2 is 1.75 bits per heavy atom. The SMILES string of the molecule is CC1=CC2c3ccccc3C3CC(C)=CC=C3C2C=C1. The van der Waals surface area contributed by atoms with Crippen LogP contribution in [0.4, 0.5) is 0 Å². The van der Waals surface area contributed by atoms with E-state index >= 15 is 0 Å². The van der Waals surface area contributed by atoms with E-state index in [-0.39, 0.29) is 0 Å². The van der Waals surface area contributed by atoms with E-state index in [0.717, 1.165) is 0 Å². The fourth-order valence-electron chi connectivity index (χ4n) is 4.05. The van der Waals surface area contributed by atoms with Gasteiger partial charge in [0.1, 0.15) is 0 Å². The Morgan fingerprint density at radius 3 is 2.60 bits per heavy atom. The molecule has 3 aliphatic rings. The van der Waals surface area contributed by atoms with Crippen LogP contribution in [0.5, 0.6) is 0 Å². The van der Waals surface area contributed by atoms with Gasteiger partial charge < -0.3 is 0 Å². The summed E-state index contributed by atoms with van der Waals surface area (Å²) in [6.07, 6.45) is 13.0. The molecular weight excluding hydrogens is 240 g/mol. The van der Waals surface area contributed by atoms with Gasteiger partial charge in [-0.1, -0.05) is 71.4 Å². The van der Waals surface area contributed by atoms with Crippen molar-refractivity contribution >= 4 is 0 Å². The van der Waals surface area contributed by atoms with Gasteiger partial charge >= 0.3 is 0 Å². The summed E-state index contributed by atoms with van der Waals surface area (Å²) in [5.41, 5.74) is 7.59. The van der Waals surface area contributed by atoms with Crippen LogP contribution in [0.2, 0.25) is 0 Å². The normalized spacial score (nSPS) is 30.5. The molecule has 0 heterocycles. The molecule has 0 heteroatoms. The first-order chi connectivity index (χ1) is 9.74. The molecule has 100 valence electrons. The summed E-state index contributed by atoms with van der Waals surface area (Å²) in [5, 5.41) is 0. The Labute approximate surface area is 121 Å². The largest absolute Gasteiger partial charge is 0.0761 e. The predicted molar refractivity (Wildman–Crippen MR) is 84.8 cm³/mol. The number of benzene rings is 1. The van der Waals surface area contributed by atoms with E-state index in [0.29, 0.717) is 17.8 Å². The number of rotatable bonds is 0. The summed E-state index contributed by atoms with van der Waals surface area (Å²) >= 11 is 0. The molecule has 3 aliphatic carbocycles. The third-order valence-corrected chi connectivity index (χ3v) is 5.00. The summed E-state index contributed by atoms with van der Waals surface area (Å²) in [6.45, 7) is 4.46. The molecule has 0 saturated heterocycles. The van der Waals surface area contributed by atoms with Gasteiger partial charge in [-0.15, -0.1) is 0 Å². The Bertz CT molecular complexity index is 682. The van der Waals surface area contributed by atoms with Crippen molar-refractivity contribution in [2.75, 3.05) is 0 Å². The Kier molecular flexibility index (Phi) is 2.60. The zero-order chi connectivity index (χ0) is 13.7. The smallest absolute Gasteiger partial charge is 0.0127 e. The molecule has 0 radical (unpaired) electrons. The zero-order valence-electron chi connectivity index (χ0n) is 12.1. The molecule has 0 aromatic heterocycles. The lowest BCUT2D eigenvalue weighted by molar-refractivity contribution is 0.543. The lowest BCUT2D eigenvalue weighted by Gasteiger charge is -2.41. The van der Waals surface area contributed by atoms with Crippen LogP contribution in [-0.2, 0) is 0 Å². The van der Waals surface area contributed by atoms with Gasteiger partial charge in [0.2, 0.25) is 0 Å². The van der Waals surface area contributed by atoms with Gasteiger partial charge in [0.25, 0.3) is 0 Å². The minimum atomic E-state index is 0.533. The molecule has 0 spiro atoms. The van der Waals surface area contributed by atoms with Gasteiger partial charge in [-0.3, -0.25) is 0 Å². The molecule has 3 unspecified atom stereocenters. The number of allylic oxidation sites excluding steroid dienone is 8. The molecule has 0 nitrogen and oxygen atoms in total. The van der Waals surface area contributed by atoms with Crippen molar-refractivity contribution < 1.29 is 0 Å². The summed E-state index contributed by atoms with van der Waals surface area (Å²) in [6, 6.07) is 9.06. The maximum absolute atomic E-state index is 2.45. The Morgan fingerprint density at radius 1 is 0.950 bits per heavy atom. The van der Waals surface area contributed by atoms with Crippen LogP contribution in [-0.4, -0.2) is 0 Å². The first-order valence-corrected chi connectivity index (χ1v) is 7.57. The molecule has 1 aromatic rings. The van der Waals surface area contributed by atoms with Crippen LogP contribution < -0.4 is 0 Å². The molecule has 0 fully saturated rings. The van der Waals surface area contributed by atoms with E-state index in [9.17, 15) is 0 Å². The fourth-order valence-corrected chi connectivity index (χ4v) is 4.05. The van der Waals surface area contributed by atoms with E-state index in [4.69, 9.17) is 0 Å². The van der Waals surface area contributed by atoms with E-state index < -0.39 is 0 Å². The first kappa shape index (κ1) is 12.0. The van der Waals surface area contributed by atoms with Crippen LogP contribution in [0, 0.1) is 5.92 Å². The van der Waals surface area contributed by atoms with Crippen LogP contribution in [0.25, 0.3) is 0 Å². The third kappa shape index (κ3) is 1.67. The van der Waals surface area contributed by atoms with Crippen molar-refractivity contribution in [2.45, 2.75) is 32.1 Å².